The third-order valence-electron chi connectivity index (χ3n) is 8.42. The molecule has 0 radical (unpaired) electrons. The van der Waals surface area contributed by atoms with Gasteiger partial charge < -0.3 is 10.2 Å². The number of aryl methyl sites for hydroxylation is 1. The Kier molecular flexibility index (Phi) is 11.1. The maximum absolute atomic E-state index is 14.6. The van der Waals surface area contributed by atoms with Gasteiger partial charge in [-0.05, 0) is 67.3 Å². The molecule has 1 fully saturated rings. The van der Waals surface area contributed by atoms with Crippen LogP contribution in [0.3, 0.4) is 0 Å². The number of benzene rings is 4. The highest BCUT2D eigenvalue weighted by Crippen LogP contribution is 2.27. The van der Waals surface area contributed by atoms with Crippen LogP contribution in [0.25, 0.3) is 0 Å². The molecule has 2 amide bonds. The fraction of sp³-hybridized carbons (Fsp3) is 0.297. The van der Waals surface area contributed by atoms with E-state index < -0.39 is 28.5 Å². The number of carbonyl (C=O) groups is 2. The molecule has 1 saturated carbocycles. The van der Waals surface area contributed by atoms with Crippen molar-refractivity contribution in [2.45, 2.75) is 69.0 Å². The van der Waals surface area contributed by atoms with Crippen LogP contribution < -0.4 is 9.62 Å². The molecule has 0 spiro atoms. The lowest BCUT2D eigenvalue weighted by atomic mass is 9.94. The molecule has 4 aromatic rings. The van der Waals surface area contributed by atoms with Crippen LogP contribution in [0, 0.1) is 6.92 Å². The molecule has 0 aromatic heterocycles. The van der Waals surface area contributed by atoms with Crippen LogP contribution in [-0.4, -0.2) is 43.8 Å². The molecule has 46 heavy (non-hydrogen) atoms. The minimum absolute atomic E-state index is 0.0423. The minimum Gasteiger partial charge on any atom is -0.352 e. The van der Waals surface area contributed by atoms with E-state index in [1.807, 2.05) is 67.6 Å². The molecular weight excluding hydrogens is 618 g/mol. The largest absolute Gasteiger partial charge is 0.352 e. The van der Waals surface area contributed by atoms with Crippen LogP contribution in [0.2, 0.25) is 5.02 Å². The highest BCUT2D eigenvalue weighted by molar-refractivity contribution is 7.92. The van der Waals surface area contributed by atoms with E-state index in [2.05, 4.69) is 5.32 Å². The van der Waals surface area contributed by atoms with Crippen molar-refractivity contribution in [2.75, 3.05) is 10.8 Å². The predicted molar refractivity (Wildman–Crippen MR) is 183 cm³/mol. The molecule has 7 nitrogen and oxygen atoms in total. The second kappa shape index (κ2) is 15.4. The number of nitrogens with one attached hydrogen (secondary N) is 1. The zero-order chi connectivity index (χ0) is 32.5. The van der Waals surface area contributed by atoms with Crippen molar-refractivity contribution in [3.05, 3.63) is 131 Å². The van der Waals surface area contributed by atoms with Crippen molar-refractivity contribution >= 4 is 39.1 Å². The van der Waals surface area contributed by atoms with Crippen molar-refractivity contribution in [2.24, 2.45) is 0 Å². The molecule has 0 aliphatic heterocycles. The summed E-state index contributed by atoms with van der Waals surface area (Å²) in [5.74, 6) is -0.728. The van der Waals surface area contributed by atoms with Crippen molar-refractivity contribution < 1.29 is 18.0 Å². The second-order valence-corrected chi connectivity index (χ2v) is 14.2. The summed E-state index contributed by atoms with van der Waals surface area (Å²) in [7, 11) is -4.17. The van der Waals surface area contributed by atoms with Gasteiger partial charge in [-0.3, -0.25) is 13.9 Å². The summed E-state index contributed by atoms with van der Waals surface area (Å²) < 4.78 is 29.4. The van der Waals surface area contributed by atoms with Crippen LogP contribution in [0.1, 0.15) is 48.8 Å². The van der Waals surface area contributed by atoms with Gasteiger partial charge in [0.25, 0.3) is 10.0 Å². The summed E-state index contributed by atoms with van der Waals surface area (Å²) >= 11 is 6.16. The van der Waals surface area contributed by atoms with Crippen LogP contribution in [0.5, 0.6) is 0 Å². The average Bonchev–Trinajstić information content (AvgIpc) is 3.07. The van der Waals surface area contributed by atoms with Crippen LogP contribution in [0.15, 0.2) is 114 Å². The van der Waals surface area contributed by atoms with Gasteiger partial charge in [0.05, 0.1) is 10.6 Å². The van der Waals surface area contributed by atoms with Gasteiger partial charge in [0, 0.05) is 24.0 Å². The standard InChI is InChI=1S/C37H40ClN3O4S/c1-28-17-23-34(24-18-28)46(44,45)41(33-21-19-31(38)20-22-33)27-36(42)40(26-30-13-7-3-8-14-30)35(25-29-11-5-2-6-12-29)37(43)39-32-15-9-4-10-16-32/h2-3,5-8,11-14,17-24,32,35H,4,9-10,15-16,25-27H2,1H3,(H,39,43). The van der Waals surface area contributed by atoms with E-state index in [0.717, 1.165) is 53.1 Å². The lowest BCUT2D eigenvalue weighted by Crippen LogP contribution is -2.55. The van der Waals surface area contributed by atoms with Crippen LogP contribution in [0.4, 0.5) is 5.69 Å². The average molecular weight is 658 g/mol. The minimum atomic E-state index is -4.17. The van der Waals surface area contributed by atoms with E-state index in [-0.39, 0.29) is 29.8 Å². The maximum Gasteiger partial charge on any atom is 0.264 e. The molecule has 4 aromatic carbocycles. The number of carbonyl (C=O) groups excluding carboxylic acids is 2. The number of anilines is 1. The number of hydrogen-bond donors (Lipinski definition) is 1. The molecule has 1 N–H and O–H groups in total. The molecule has 1 aliphatic rings. The highest BCUT2D eigenvalue weighted by Gasteiger charge is 2.35. The number of amides is 2. The Hall–Kier alpha value is -4.14. The van der Waals surface area contributed by atoms with Gasteiger partial charge in [-0.1, -0.05) is 109 Å². The first kappa shape index (κ1) is 33.2. The Morgan fingerprint density at radius 3 is 2.00 bits per heavy atom. The summed E-state index contributed by atoms with van der Waals surface area (Å²) in [5, 5.41) is 3.67. The molecule has 1 unspecified atom stereocenters. The fourth-order valence-corrected chi connectivity index (χ4v) is 7.39. The molecule has 0 saturated heterocycles. The Bertz CT molecular complexity index is 1690. The van der Waals surface area contributed by atoms with Gasteiger partial charge >= 0.3 is 0 Å². The number of sulfonamides is 1. The summed E-state index contributed by atoms with van der Waals surface area (Å²) in [6.07, 6.45) is 5.32. The van der Waals surface area contributed by atoms with E-state index in [0.29, 0.717) is 10.7 Å². The third kappa shape index (κ3) is 8.56. The third-order valence-corrected chi connectivity index (χ3v) is 10.5. The molecular formula is C37H40ClN3O4S. The van der Waals surface area contributed by atoms with Gasteiger partial charge in [-0.25, -0.2) is 8.42 Å². The fourth-order valence-electron chi connectivity index (χ4n) is 5.85. The van der Waals surface area contributed by atoms with E-state index >= 15 is 0 Å². The van der Waals surface area contributed by atoms with Crippen molar-refractivity contribution in [1.29, 1.82) is 0 Å². The molecule has 240 valence electrons. The van der Waals surface area contributed by atoms with Crippen LogP contribution >= 0.6 is 11.6 Å². The van der Waals surface area contributed by atoms with E-state index in [9.17, 15) is 18.0 Å². The van der Waals surface area contributed by atoms with Crippen molar-refractivity contribution in [3.8, 4) is 0 Å². The maximum atomic E-state index is 14.6. The first-order valence-corrected chi connectivity index (χ1v) is 17.6. The number of halogens is 1. The van der Waals surface area contributed by atoms with Gasteiger partial charge in [-0.15, -0.1) is 0 Å². The molecule has 1 atom stereocenters. The zero-order valence-electron chi connectivity index (χ0n) is 26.0. The smallest absolute Gasteiger partial charge is 0.264 e. The molecule has 9 heteroatoms. The number of nitrogens with zero attached hydrogens (tertiary/aromatic N) is 2. The monoisotopic (exact) mass is 657 g/mol. The Morgan fingerprint density at radius 2 is 1.39 bits per heavy atom. The summed E-state index contributed by atoms with van der Waals surface area (Å²) in [6, 6.07) is 31.1. The quantitative estimate of drug-likeness (QED) is 0.179. The van der Waals surface area contributed by atoms with Crippen molar-refractivity contribution in [1.82, 2.24) is 10.2 Å². The molecule has 0 heterocycles. The van der Waals surface area contributed by atoms with Gasteiger partial charge in [0.15, 0.2) is 0 Å². The summed E-state index contributed by atoms with van der Waals surface area (Å²) in [6.45, 7) is 1.50. The zero-order valence-corrected chi connectivity index (χ0v) is 27.6. The first-order chi connectivity index (χ1) is 22.2. The summed E-state index contributed by atoms with van der Waals surface area (Å²) in [4.78, 5) is 30.3. The normalized spacial score (nSPS) is 14.3. The molecule has 1 aliphatic carbocycles. The van der Waals surface area contributed by atoms with Crippen LogP contribution in [-0.2, 0) is 32.6 Å². The van der Waals surface area contributed by atoms with Gasteiger partial charge in [-0.2, -0.15) is 0 Å². The Balaban J connectivity index is 1.54. The number of hydrogen-bond acceptors (Lipinski definition) is 4. The van der Waals surface area contributed by atoms with Gasteiger partial charge in [0.2, 0.25) is 11.8 Å². The lowest BCUT2D eigenvalue weighted by Gasteiger charge is -2.35. The highest BCUT2D eigenvalue weighted by atomic mass is 35.5. The Labute approximate surface area is 277 Å². The molecule has 0 bridgehead atoms. The first-order valence-electron chi connectivity index (χ1n) is 15.7. The topological polar surface area (TPSA) is 86.8 Å². The SMILES string of the molecule is Cc1ccc(S(=O)(=O)N(CC(=O)N(Cc2ccccc2)C(Cc2ccccc2)C(=O)NC2CCCCC2)c2ccc(Cl)cc2)cc1. The van der Waals surface area contributed by atoms with E-state index in [1.54, 1.807) is 36.4 Å². The summed E-state index contributed by atoms with van der Waals surface area (Å²) in [5.41, 5.74) is 2.94. The van der Waals surface area contributed by atoms with E-state index in [4.69, 9.17) is 11.6 Å². The molecule has 5 rings (SSSR count). The second-order valence-electron chi connectivity index (χ2n) is 11.9. The Morgan fingerprint density at radius 1 is 0.804 bits per heavy atom. The predicted octanol–water partition coefficient (Wildman–Crippen LogP) is 6.93. The number of rotatable bonds is 12. The van der Waals surface area contributed by atoms with Crippen molar-refractivity contribution in [3.63, 3.8) is 0 Å². The lowest BCUT2D eigenvalue weighted by molar-refractivity contribution is -0.140. The van der Waals surface area contributed by atoms with E-state index in [1.165, 1.54) is 17.0 Å². The van der Waals surface area contributed by atoms with Gasteiger partial charge in [0.1, 0.15) is 12.6 Å².